The molecular formula is C15H21N3O2. The molecule has 0 amide bonds. The molecule has 0 aliphatic carbocycles. The van der Waals surface area contributed by atoms with Crippen molar-refractivity contribution in [3.05, 3.63) is 24.3 Å². The number of imidazole rings is 1. The lowest BCUT2D eigenvalue weighted by Gasteiger charge is -2.09. The highest BCUT2D eigenvalue weighted by Crippen LogP contribution is 2.19. The first-order valence-electron chi connectivity index (χ1n) is 6.90. The first-order valence-corrected chi connectivity index (χ1v) is 6.90. The number of hydrogen-bond acceptors (Lipinski definition) is 4. The minimum atomic E-state index is -0.231. The van der Waals surface area contributed by atoms with Crippen LogP contribution in [0.2, 0.25) is 0 Å². The molecule has 1 heterocycles. The summed E-state index contributed by atoms with van der Waals surface area (Å²) >= 11 is 0. The maximum absolute atomic E-state index is 11.9. The van der Waals surface area contributed by atoms with E-state index in [0.29, 0.717) is 18.5 Å². The SMILES string of the molecule is CNc1nc2ccccc2n1CC(=O)OCCC(C)C. The molecule has 5 heteroatoms. The van der Waals surface area contributed by atoms with Gasteiger partial charge in [0.05, 0.1) is 17.6 Å². The number of ether oxygens (including phenoxy) is 1. The molecule has 0 fully saturated rings. The fraction of sp³-hybridized carbons (Fsp3) is 0.467. The smallest absolute Gasteiger partial charge is 0.326 e. The normalized spacial score (nSPS) is 11.0. The Balaban J connectivity index is 2.10. The number of nitrogens with zero attached hydrogens (tertiary/aromatic N) is 2. The molecular weight excluding hydrogens is 254 g/mol. The second-order valence-corrected chi connectivity index (χ2v) is 5.16. The van der Waals surface area contributed by atoms with Crippen LogP contribution in [0.3, 0.4) is 0 Å². The van der Waals surface area contributed by atoms with Crippen LogP contribution in [0, 0.1) is 5.92 Å². The van der Waals surface area contributed by atoms with Crippen molar-refractivity contribution >= 4 is 23.0 Å². The molecule has 0 saturated carbocycles. The van der Waals surface area contributed by atoms with E-state index in [9.17, 15) is 4.79 Å². The number of para-hydroxylation sites is 2. The third-order valence-corrected chi connectivity index (χ3v) is 3.12. The summed E-state index contributed by atoms with van der Waals surface area (Å²) in [6.07, 6.45) is 0.884. The van der Waals surface area contributed by atoms with E-state index in [1.165, 1.54) is 0 Å². The number of esters is 1. The average molecular weight is 275 g/mol. The van der Waals surface area contributed by atoms with Crippen LogP contribution in [0.4, 0.5) is 5.95 Å². The van der Waals surface area contributed by atoms with Crippen molar-refractivity contribution in [2.24, 2.45) is 5.92 Å². The largest absolute Gasteiger partial charge is 0.464 e. The second kappa shape index (κ2) is 6.41. The van der Waals surface area contributed by atoms with Crippen molar-refractivity contribution in [1.82, 2.24) is 9.55 Å². The number of carbonyl (C=O) groups excluding carboxylic acids is 1. The van der Waals surface area contributed by atoms with Crippen LogP contribution < -0.4 is 5.32 Å². The number of carbonyl (C=O) groups is 1. The van der Waals surface area contributed by atoms with Crippen molar-refractivity contribution in [2.75, 3.05) is 19.0 Å². The average Bonchev–Trinajstić information content (AvgIpc) is 2.76. The van der Waals surface area contributed by atoms with Crippen LogP contribution in [0.15, 0.2) is 24.3 Å². The van der Waals surface area contributed by atoms with E-state index in [0.717, 1.165) is 17.5 Å². The molecule has 5 nitrogen and oxygen atoms in total. The molecule has 1 N–H and O–H groups in total. The van der Waals surface area contributed by atoms with E-state index in [1.807, 2.05) is 28.8 Å². The third kappa shape index (κ3) is 3.29. The van der Waals surface area contributed by atoms with Crippen molar-refractivity contribution < 1.29 is 9.53 Å². The molecule has 0 unspecified atom stereocenters. The number of hydrogen-bond donors (Lipinski definition) is 1. The lowest BCUT2D eigenvalue weighted by atomic mass is 10.1. The van der Waals surface area contributed by atoms with Gasteiger partial charge in [0, 0.05) is 7.05 Å². The monoisotopic (exact) mass is 275 g/mol. The lowest BCUT2D eigenvalue weighted by Crippen LogP contribution is -2.16. The highest BCUT2D eigenvalue weighted by Gasteiger charge is 2.13. The zero-order chi connectivity index (χ0) is 14.5. The Morgan fingerprint density at radius 3 is 2.85 bits per heavy atom. The van der Waals surface area contributed by atoms with Gasteiger partial charge in [0.2, 0.25) is 5.95 Å². The minimum absolute atomic E-state index is 0.175. The van der Waals surface area contributed by atoms with E-state index >= 15 is 0 Å². The van der Waals surface area contributed by atoms with Gasteiger partial charge < -0.3 is 10.1 Å². The topological polar surface area (TPSA) is 56.2 Å². The fourth-order valence-corrected chi connectivity index (χ4v) is 2.01. The highest BCUT2D eigenvalue weighted by atomic mass is 16.5. The van der Waals surface area contributed by atoms with Crippen LogP contribution in [-0.2, 0) is 16.1 Å². The summed E-state index contributed by atoms with van der Waals surface area (Å²) in [5.41, 5.74) is 1.80. The summed E-state index contributed by atoms with van der Waals surface area (Å²) in [7, 11) is 1.79. The number of fused-ring (bicyclic) bond motifs is 1. The fourth-order valence-electron chi connectivity index (χ4n) is 2.01. The zero-order valence-corrected chi connectivity index (χ0v) is 12.2. The number of anilines is 1. The van der Waals surface area contributed by atoms with Gasteiger partial charge in [-0.3, -0.25) is 9.36 Å². The van der Waals surface area contributed by atoms with E-state index < -0.39 is 0 Å². The van der Waals surface area contributed by atoms with Crippen LogP contribution in [0.5, 0.6) is 0 Å². The minimum Gasteiger partial charge on any atom is -0.464 e. The van der Waals surface area contributed by atoms with Gasteiger partial charge >= 0.3 is 5.97 Å². The Morgan fingerprint density at radius 2 is 2.15 bits per heavy atom. The van der Waals surface area contributed by atoms with E-state index in [1.54, 1.807) is 7.05 Å². The van der Waals surface area contributed by atoms with Crippen LogP contribution >= 0.6 is 0 Å². The van der Waals surface area contributed by atoms with Gasteiger partial charge in [0.15, 0.2) is 0 Å². The van der Waals surface area contributed by atoms with E-state index in [-0.39, 0.29) is 12.5 Å². The van der Waals surface area contributed by atoms with Crippen molar-refractivity contribution in [2.45, 2.75) is 26.8 Å². The van der Waals surface area contributed by atoms with Crippen molar-refractivity contribution in [3.8, 4) is 0 Å². The first kappa shape index (κ1) is 14.4. The van der Waals surface area contributed by atoms with Crippen LogP contribution in [0.25, 0.3) is 11.0 Å². The van der Waals surface area contributed by atoms with Gasteiger partial charge in [-0.2, -0.15) is 0 Å². The molecule has 1 aromatic heterocycles. The Labute approximate surface area is 118 Å². The third-order valence-electron chi connectivity index (χ3n) is 3.12. The summed E-state index contributed by atoms with van der Waals surface area (Å²) in [4.78, 5) is 16.3. The van der Waals surface area contributed by atoms with Crippen molar-refractivity contribution in [1.29, 1.82) is 0 Å². The summed E-state index contributed by atoms with van der Waals surface area (Å²) in [5, 5.41) is 3.01. The molecule has 108 valence electrons. The van der Waals surface area contributed by atoms with Gasteiger partial charge in [0.25, 0.3) is 0 Å². The molecule has 0 atom stereocenters. The Bertz CT molecular complexity index is 590. The lowest BCUT2D eigenvalue weighted by molar-refractivity contribution is -0.144. The van der Waals surface area contributed by atoms with Gasteiger partial charge in [-0.05, 0) is 24.5 Å². The standard InChI is InChI=1S/C15H21N3O2/c1-11(2)8-9-20-14(19)10-18-13-7-5-4-6-12(13)17-15(18)16-3/h4-7,11H,8-10H2,1-3H3,(H,16,17). The van der Waals surface area contributed by atoms with Gasteiger partial charge in [-0.1, -0.05) is 26.0 Å². The number of benzene rings is 1. The van der Waals surface area contributed by atoms with Crippen molar-refractivity contribution in [3.63, 3.8) is 0 Å². The Hall–Kier alpha value is -2.04. The molecule has 1 aromatic carbocycles. The first-order chi connectivity index (χ1) is 9.61. The van der Waals surface area contributed by atoms with E-state index in [4.69, 9.17) is 4.74 Å². The molecule has 0 saturated heterocycles. The molecule has 0 radical (unpaired) electrons. The Kier molecular flexibility index (Phi) is 4.61. The Morgan fingerprint density at radius 1 is 1.40 bits per heavy atom. The van der Waals surface area contributed by atoms with Gasteiger partial charge in [0.1, 0.15) is 6.54 Å². The molecule has 0 aliphatic heterocycles. The molecule has 0 bridgehead atoms. The maximum Gasteiger partial charge on any atom is 0.326 e. The summed E-state index contributed by atoms with van der Waals surface area (Å²) < 4.78 is 7.10. The molecule has 0 spiro atoms. The second-order valence-electron chi connectivity index (χ2n) is 5.16. The number of rotatable bonds is 6. The number of aromatic nitrogens is 2. The summed E-state index contributed by atoms with van der Waals surface area (Å²) in [5.74, 6) is 0.974. The van der Waals surface area contributed by atoms with E-state index in [2.05, 4.69) is 24.1 Å². The van der Waals surface area contributed by atoms with Gasteiger partial charge in [-0.25, -0.2) is 4.98 Å². The summed E-state index contributed by atoms with van der Waals surface area (Å²) in [6, 6.07) is 7.74. The quantitative estimate of drug-likeness (QED) is 0.823. The predicted octanol–water partition coefficient (Wildman–Crippen LogP) is 2.67. The highest BCUT2D eigenvalue weighted by molar-refractivity contribution is 5.81. The predicted molar refractivity (Wildman–Crippen MR) is 79.7 cm³/mol. The van der Waals surface area contributed by atoms with Crippen LogP contribution in [-0.4, -0.2) is 29.2 Å². The maximum atomic E-state index is 11.9. The molecule has 2 aromatic rings. The molecule has 2 rings (SSSR count). The zero-order valence-electron chi connectivity index (χ0n) is 12.2. The summed E-state index contributed by atoms with van der Waals surface area (Å²) in [6.45, 7) is 4.86. The molecule has 0 aliphatic rings. The molecule has 20 heavy (non-hydrogen) atoms. The van der Waals surface area contributed by atoms with Gasteiger partial charge in [-0.15, -0.1) is 0 Å². The number of nitrogens with one attached hydrogen (secondary N) is 1. The van der Waals surface area contributed by atoms with Crippen LogP contribution in [0.1, 0.15) is 20.3 Å².